The van der Waals surface area contributed by atoms with E-state index in [0.29, 0.717) is 16.9 Å². The zero-order valence-corrected chi connectivity index (χ0v) is 13.0. The Hall–Kier alpha value is -2.02. The van der Waals surface area contributed by atoms with Crippen LogP contribution in [0.4, 0.5) is 4.39 Å². The van der Waals surface area contributed by atoms with Crippen LogP contribution in [0.5, 0.6) is 0 Å². The van der Waals surface area contributed by atoms with Crippen molar-refractivity contribution in [3.8, 4) is 16.9 Å². The average Bonchev–Trinajstić information content (AvgIpc) is 2.92. The fourth-order valence-corrected chi connectivity index (χ4v) is 2.74. The molecule has 104 valence electrons. The van der Waals surface area contributed by atoms with E-state index in [1.807, 2.05) is 24.3 Å². The topological polar surface area (TPSA) is 34.9 Å². The molecule has 0 spiro atoms. The highest BCUT2D eigenvalue weighted by atomic mass is 127. The summed E-state index contributed by atoms with van der Waals surface area (Å²) < 4.78 is 16.2. The highest BCUT2D eigenvalue weighted by Gasteiger charge is 2.15. The summed E-state index contributed by atoms with van der Waals surface area (Å²) in [6.45, 7) is 0. The van der Waals surface area contributed by atoms with Gasteiger partial charge in [0.2, 0.25) is 0 Å². The number of carbonyl (C=O) groups is 1. The normalized spacial score (nSPS) is 10.6. The number of halogens is 2. The molecule has 0 unspecified atom stereocenters. The second-order valence-electron chi connectivity index (χ2n) is 4.43. The minimum Gasteiger partial charge on any atom is -0.298 e. The summed E-state index contributed by atoms with van der Waals surface area (Å²) in [6.07, 6.45) is 2.28. The molecule has 0 saturated heterocycles. The third-order valence-corrected chi connectivity index (χ3v) is 4.04. The van der Waals surface area contributed by atoms with E-state index in [9.17, 15) is 9.18 Å². The van der Waals surface area contributed by atoms with Gasteiger partial charge in [-0.3, -0.25) is 4.79 Å². The van der Waals surface area contributed by atoms with Gasteiger partial charge in [-0.2, -0.15) is 5.10 Å². The number of nitrogens with zero attached hydrogens (tertiary/aromatic N) is 2. The Morgan fingerprint density at radius 3 is 2.52 bits per heavy atom. The molecule has 21 heavy (non-hydrogen) atoms. The van der Waals surface area contributed by atoms with Crippen molar-refractivity contribution >= 4 is 28.9 Å². The molecule has 0 bridgehead atoms. The van der Waals surface area contributed by atoms with Crippen LogP contribution in [0.2, 0.25) is 0 Å². The summed E-state index contributed by atoms with van der Waals surface area (Å²) in [6, 6.07) is 14.0. The number of hydrogen-bond acceptors (Lipinski definition) is 2. The lowest BCUT2D eigenvalue weighted by Gasteiger charge is -2.03. The number of rotatable bonds is 3. The van der Waals surface area contributed by atoms with E-state index in [2.05, 4.69) is 27.7 Å². The second kappa shape index (κ2) is 5.77. The van der Waals surface area contributed by atoms with Gasteiger partial charge in [0.1, 0.15) is 17.2 Å². The number of carbonyl (C=O) groups excluding carboxylic acids is 1. The predicted molar refractivity (Wildman–Crippen MR) is 87.1 cm³/mol. The molecule has 1 heterocycles. The molecule has 1 aromatic heterocycles. The fourth-order valence-electron chi connectivity index (χ4n) is 2.10. The number of hydrogen-bond donors (Lipinski definition) is 0. The van der Waals surface area contributed by atoms with Gasteiger partial charge >= 0.3 is 0 Å². The maximum Gasteiger partial charge on any atom is 0.153 e. The van der Waals surface area contributed by atoms with Crippen LogP contribution in [0.15, 0.2) is 54.7 Å². The molecule has 0 N–H and O–H groups in total. The Morgan fingerprint density at radius 1 is 1.10 bits per heavy atom. The summed E-state index contributed by atoms with van der Waals surface area (Å²) in [5, 5.41) is 4.38. The van der Waals surface area contributed by atoms with Crippen LogP contribution in [-0.4, -0.2) is 16.1 Å². The molecule has 3 nitrogen and oxygen atoms in total. The molecule has 0 fully saturated rings. The number of benzene rings is 2. The van der Waals surface area contributed by atoms with E-state index in [4.69, 9.17) is 0 Å². The highest BCUT2D eigenvalue weighted by Crippen LogP contribution is 2.27. The van der Waals surface area contributed by atoms with Crippen molar-refractivity contribution in [1.82, 2.24) is 9.78 Å². The van der Waals surface area contributed by atoms with Crippen LogP contribution < -0.4 is 0 Å². The van der Waals surface area contributed by atoms with Gasteiger partial charge in [-0.05, 0) is 40.8 Å². The predicted octanol–water partition coefficient (Wildman–Crippen LogP) is 4.10. The molecule has 0 aliphatic carbocycles. The zero-order chi connectivity index (χ0) is 14.8. The number of para-hydroxylation sites is 1. The number of aldehydes is 1. The first-order valence-electron chi connectivity index (χ1n) is 6.25. The minimum atomic E-state index is -0.383. The van der Waals surface area contributed by atoms with Crippen molar-refractivity contribution in [3.05, 3.63) is 69.7 Å². The Bertz CT molecular complexity index is 814. The van der Waals surface area contributed by atoms with Gasteiger partial charge in [0, 0.05) is 15.3 Å². The third-order valence-electron chi connectivity index (χ3n) is 3.10. The standard InChI is InChI=1S/C16H10FIN2O/c17-13-6-2-4-8-15(13)20-9-11(10-21)16(19-20)12-5-1-3-7-14(12)18/h1-10H. The van der Waals surface area contributed by atoms with Crippen molar-refractivity contribution in [3.63, 3.8) is 0 Å². The molecule has 0 saturated carbocycles. The molecular formula is C16H10FIN2O. The molecule has 3 aromatic rings. The second-order valence-corrected chi connectivity index (χ2v) is 5.59. The molecule has 5 heteroatoms. The summed E-state index contributed by atoms with van der Waals surface area (Å²) in [4.78, 5) is 11.3. The van der Waals surface area contributed by atoms with Crippen molar-refractivity contribution in [2.45, 2.75) is 0 Å². The van der Waals surface area contributed by atoms with Gasteiger partial charge in [0.05, 0.1) is 5.56 Å². The third kappa shape index (κ3) is 2.61. The Morgan fingerprint density at radius 2 is 1.81 bits per heavy atom. The lowest BCUT2D eigenvalue weighted by atomic mass is 10.1. The molecule has 0 aliphatic heterocycles. The lowest BCUT2D eigenvalue weighted by molar-refractivity contribution is 0.112. The summed E-state index contributed by atoms with van der Waals surface area (Å²) in [7, 11) is 0. The van der Waals surface area contributed by atoms with E-state index in [1.165, 1.54) is 10.7 Å². The van der Waals surface area contributed by atoms with Gasteiger partial charge in [-0.1, -0.05) is 30.3 Å². The zero-order valence-electron chi connectivity index (χ0n) is 10.8. The monoisotopic (exact) mass is 392 g/mol. The Kier molecular flexibility index (Phi) is 3.83. The van der Waals surface area contributed by atoms with Crippen LogP contribution in [-0.2, 0) is 0 Å². The van der Waals surface area contributed by atoms with Gasteiger partial charge in [-0.25, -0.2) is 9.07 Å². The Labute approximate surface area is 134 Å². The van der Waals surface area contributed by atoms with Crippen LogP contribution in [0.1, 0.15) is 10.4 Å². The van der Waals surface area contributed by atoms with Crippen LogP contribution >= 0.6 is 22.6 Å². The largest absolute Gasteiger partial charge is 0.298 e. The molecule has 2 aromatic carbocycles. The summed E-state index contributed by atoms with van der Waals surface area (Å²) in [5.41, 5.74) is 2.16. The van der Waals surface area contributed by atoms with Crippen molar-refractivity contribution in [2.75, 3.05) is 0 Å². The average molecular weight is 392 g/mol. The van der Waals surface area contributed by atoms with Crippen LogP contribution in [0.25, 0.3) is 16.9 Å². The first kappa shape index (κ1) is 13.9. The first-order chi connectivity index (χ1) is 10.2. The van der Waals surface area contributed by atoms with Crippen molar-refractivity contribution in [2.24, 2.45) is 0 Å². The van der Waals surface area contributed by atoms with Crippen LogP contribution in [0, 0.1) is 9.39 Å². The molecule has 0 radical (unpaired) electrons. The van der Waals surface area contributed by atoms with E-state index >= 15 is 0 Å². The van der Waals surface area contributed by atoms with Crippen LogP contribution in [0.3, 0.4) is 0 Å². The first-order valence-corrected chi connectivity index (χ1v) is 7.33. The smallest absolute Gasteiger partial charge is 0.153 e. The molecule has 0 amide bonds. The maximum absolute atomic E-state index is 13.9. The molecular weight excluding hydrogens is 382 g/mol. The van der Waals surface area contributed by atoms with Gasteiger partial charge in [0.15, 0.2) is 6.29 Å². The van der Waals surface area contributed by atoms with E-state index in [-0.39, 0.29) is 5.82 Å². The van der Waals surface area contributed by atoms with E-state index in [1.54, 1.807) is 24.4 Å². The SMILES string of the molecule is O=Cc1cn(-c2ccccc2F)nc1-c1ccccc1I. The molecule has 0 aliphatic rings. The van der Waals surface area contributed by atoms with Gasteiger partial charge < -0.3 is 0 Å². The minimum absolute atomic E-state index is 0.317. The fraction of sp³-hybridized carbons (Fsp3) is 0. The number of aromatic nitrogens is 2. The van der Waals surface area contributed by atoms with Crippen molar-refractivity contribution in [1.29, 1.82) is 0 Å². The highest BCUT2D eigenvalue weighted by molar-refractivity contribution is 14.1. The maximum atomic E-state index is 13.9. The van der Waals surface area contributed by atoms with Gasteiger partial charge in [-0.15, -0.1) is 0 Å². The summed E-state index contributed by atoms with van der Waals surface area (Å²) in [5.74, 6) is -0.383. The quantitative estimate of drug-likeness (QED) is 0.497. The summed E-state index contributed by atoms with van der Waals surface area (Å²) >= 11 is 2.19. The van der Waals surface area contributed by atoms with Gasteiger partial charge in [0.25, 0.3) is 0 Å². The van der Waals surface area contributed by atoms with E-state index in [0.717, 1.165) is 15.4 Å². The van der Waals surface area contributed by atoms with E-state index < -0.39 is 0 Å². The van der Waals surface area contributed by atoms with Crippen molar-refractivity contribution < 1.29 is 9.18 Å². The molecule has 0 atom stereocenters. The Balaban J connectivity index is 2.18. The molecule has 3 rings (SSSR count). The lowest BCUT2D eigenvalue weighted by Crippen LogP contribution is -1.98.